The van der Waals surface area contributed by atoms with Crippen molar-refractivity contribution in [2.75, 3.05) is 20.1 Å². The molecule has 1 aromatic heterocycles. The standard InChI is InChI=1S/C26H29N5O/c1-18-28-24-15-19(16-27)7-12-25(24)31(18)22-10-8-20(9-11-22)26(32)29(2)23-13-14-30(17-23)21-5-3-4-6-21/h7-12,15,21,23H,3-6,13-14,17H2,1-2H3/t23-/m1/s1. The van der Waals surface area contributed by atoms with Crippen LogP contribution < -0.4 is 0 Å². The zero-order valence-corrected chi connectivity index (χ0v) is 18.8. The molecule has 5 rings (SSSR count). The molecule has 6 heteroatoms. The Morgan fingerprint density at radius 3 is 2.59 bits per heavy atom. The lowest BCUT2D eigenvalue weighted by Gasteiger charge is -2.27. The first-order valence-corrected chi connectivity index (χ1v) is 11.6. The predicted octanol–water partition coefficient (Wildman–Crippen LogP) is 4.29. The van der Waals surface area contributed by atoms with Crippen molar-refractivity contribution in [3.8, 4) is 11.8 Å². The van der Waals surface area contributed by atoms with Crippen LogP contribution in [0.4, 0.5) is 0 Å². The highest BCUT2D eigenvalue weighted by atomic mass is 16.2. The lowest BCUT2D eigenvalue weighted by atomic mass is 10.1. The number of fused-ring (bicyclic) bond motifs is 1. The van der Waals surface area contributed by atoms with E-state index in [0.29, 0.717) is 11.1 Å². The Kier molecular flexibility index (Phi) is 5.44. The third kappa shape index (κ3) is 3.67. The van der Waals surface area contributed by atoms with E-state index in [2.05, 4.69) is 20.5 Å². The summed E-state index contributed by atoms with van der Waals surface area (Å²) in [7, 11) is 1.94. The number of likely N-dealkylation sites (tertiary alicyclic amines) is 1. The number of nitriles is 1. The fourth-order valence-electron chi connectivity index (χ4n) is 5.40. The van der Waals surface area contributed by atoms with Crippen LogP contribution in [-0.2, 0) is 0 Å². The molecule has 2 aliphatic rings. The van der Waals surface area contributed by atoms with Gasteiger partial charge in [0.2, 0.25) is 0 Å². The van der Waals surface area contributed by atoms with Crippen LogP contribution in [0.2, 0.25) is 0 Å². The van der Waals surface area contributed by atoms with Gasteiger partial charge in [0.15, 0.2) is 0 Å². The molecule has 32 heavy (non-hydrogen) atoms. The van der Waals surface area contributed by atoms with Gasteiger partial charge in [-0.2, -0.15) is 5.26 Å². The van der Waals surface area contributed by atoms with Crippen molar-refractivity contribution in [3.63, 3.8) is 0 Å². The number of hydrogen-bond acceptors (Lipinski definition) is 4. The fraction of sp³-hybridized carbons (Fsp3) is 0.423. The molecule has 164 valence electrons. The van der Waals surface area contributed by atoms with E-state index in [1.165, 1.54) is 25.7 Å². The number of likely N-dealkylation sites (N-methyl/N-ethyl adjacent to an activating group) is 1. The van der Waals surface area contributed by atoms with Crippen LogP contribution in [0.5, 0.6) is 0 Å². The molecule has 0 bridgehead atoms. The molecular formula is C26H29N5O. The Bertz CT molecular complexity index is 1180. The number of carbonyl (C=O) groups excluding carboxylic acids is 1. The first kappa shape index (κ1) is 20.7. The number of amides is 1. The largest absolute Gasteiger partial charge is 0.337 e. The van der Waals surface area contributed by atoms with Crippen LogP contribution >= 0.6 is 0 Å². The molecule has 1 amide bonds. The zero-order valence-electron chi connectivity index (χ0n) is 18.8. The summed E-state index contributed by atoms with van der Waals surface area (Å²) < 4.78 is 2.06. The summed E-state index contributed by atoms with van der Waals surface area (Å²) >= 11 is 0. The van der Waals surface area contributed by atoms with Crippen LogP contribution in [0, 0.1) is 18.3 Å². The minimum Gasteiger partial charge on any atom is -0.337 e. The Balaban J connectivity index is 1.33. The van der Waals surface area contributed by atoms with Crippen LogP contribution in [0.3, 0.4) is 0 Å². The van der Waals surface area contributed by atoms with E-state index in [9.17, 15) is 4.79 Å². The third-order valence-corrected chi connectivity index (χ3v) is 7.23. The van der Waals surface area contributed by atoms with Gasteiger partial charge in [0.05, 0.1) is 22.7 Å². The van der Waals surface area contributed by atoms with Gasteiger partial charge < -0.3 is 4.90 Å². The van der Waals surface area contributed by atoms with Gasteiger partial charge in [0.25, 0.3) is 5.91 Å². The highest BCUT2D eigenvalue weighted by molar-refractivity contribution is 5.94. The summed E-state index contributed by atoms with van der Waals surface area (Å²) in [6.07, 6.45) is 6.37. The second kappa shape index (κ2) is 8.40. The summed E-state index contributed by atoms with van der Waals surface area (Å²) in [6, 6.07) is 16.5. The monoisotopic (exact) mass is 427 g/mol. The molecule has 2 aromatic carbocycles. The van der Waals surface area contributed by atoms with Gasteiger partial charge in [-0.1, -0.05) is 12.8 Å². The number of imidazole rings is 1. The van der Waals surface area contributed by atoms with Crippen molar-refractivity contribution in [1.82, 2.24) is 19.4 Å². The number of carbonyl (C=O) groups is 1. The Hall–Kier alpha value is -3.17. The number of rotatable bonds is 4. The number of aryl methyl sites for hydroxylation is 1. The van der Waals surface area contributed by atoms with E-state index in [1.807, 2.05) is 61.3 Å². The molecule has 1 saturated carbocycles. The highest BCUT2D eigenvalue weighted by Crippen LogP contribution is 2.28. The highest BCUT2D eigenvalue weighted by Gasteiger charge is 2.33. The summed E-state index contributed by atoms with van der Waals surface area (Å²) in [5.41, 5.74) is 4.03. The molecule has 0 spiro atoms. The quantitative estimate of drug-likeness (QED) is 0.623. The molecule has 2 fully saturated rings. The molecular weight excluding hydrogens is 398 g/mol. The normalized spacial score (nSPS) is 19.5. The minimum absolute atomic E-state index is 0.0840. The van der Waals surface area contributed by atoms with Crippen LogP contribution in [-0.4, -0.2) is 57.5 Å². The maximum absolute atomic E-state index is 13.2. The molecule has 0 radical (unpaired) electrons. The lowest BCUT2D eigenvalue weighted by molar-refractivity contribution is 0.0730. The van der Waals surface area contributed by atoms with E-state index in [1.54, 1.807) is 0 Å². The first-order valence-electron chi connectivity index (χ1n) is 11.6. The minimum atomic E-state index is 0.0840. The first-order chi connectivity index (χ1) is 15.5. The van der Waals surface area contributed by atoms with Crippen LogP contribution in [0.25, 0.3) is 16.7 Å². The van der Waals surface area contributed by atoms with Gasteiger partial charge >= 0.3 is 0 Å². The molecule has 1 aliphatic carbocycles. The van der Waals surface area contributed by atoms with E-state index in [-0.39, 0.29) is 11.9 Å². The second-order valence-electron chi connectivity index (χ2n) is 9.15. The van der Waals surface area contributed by atoms with Gasteiger partial charge in [-0.05, 0) is 68.7 Å². The van der Waals surface area contributed by atoms with Crippen molar-refractivity contribution < 1.29 is 4.79 Å². The summed E-state index contributed by atoms with van der Waals surface area (Å²) in [6.45, 7) is 4.05. The average molecular weight is 428 g/mol. The summed E-state index contributed by atoms with van der Waals surface area (Å²) in [5, 5.41) is 9.14. The number of hydrogen-bond donors (Lipinski definition) is 0. The molecule has 3 aromatic rings. The molecule has 6 nitrogen and oxygen atoms in total. The van der Waals surface area contributed by atoms with Crippen LogP contribution in [0.1, 0.15) is 53.8 Å². The van der Waals surface area contributed by atoms with Gasteiger partial charge in [-0.3, -0.25) is 14.3 Å². The Morgan fingerprint density at radius 1 is 1.12 bits per heavy atom. The van der Waals surface area contributed by atoms with Gasteiger partial charge in [0.1, 0.15) is 5.82 Å². The molecule has 1 saturated heterocycles. The molecule has 1 aliphatic heterocycles. The molecule has 0 N–H and O–H groups in total. The van der Waals surface area contributed by atoms with Crippen molar-refractivity contribution in [2.45, 2.75) is 51.1 Å². The Morgan fingerprint density at radius 2 is 1.88 bits per heavy atom. The molecule has 0 unspecified atom stereocenters. The summed E-state index contributed by atoms with van der Waals surface area (Å²) in [5.74, 6) is 0.935. The van der Waals surface area contributed by atoms with E-state index >= 15 is 0 Å². The maximum atomic E-state index is 13.2. The van der Waals surface area contributed by atoms with Crippen molar-refractivity contribution in [3.05, 3.63) is 59.4 Å². The topological polar surface area (TPSA) is 65.2 Å². The van der Waals surface area contributed by atoms with E-state index in [4.69, 9.17) is 5.26 Å². The Labute approximate surface area is 189 Å². The SMILES string of the molecule is Cc1nc2cc(C#N)ccc2n1-c1ccc(C(=O)N(C)[C@@H]2CCN(C3CCCC3)C2)cc1. The second-order valence-corrected chi connectivity index (χ2v) is 9.15. The van der Waals surface area contributed by atoms with Crippen molar-refractivity contribution >= 4 is 16.9 Å². The lowest BCUT2D eigenvalue weighted by Crippen LogP contribution is -2.40. The number of aromatic nitrogens is 2. The van der Waals surface area contributed by atoms with E-state index in [0.717, 1.165) is 48.1 Å². The molecule has 2 heterocycles. The van der Waals surface area contributed by atoms with Crippen molar-refractivity contribution in [2.24, 2.45) is 0 Å². The predicted molar refractivity (Wildman–Crippen MR) is 125 cm³/mol. The van der Waals surface area contributed by atoms with Gasteiger partial charge in [0, 0.05) is 43.5 Å². The van der Waals surface area contributed by atoms with Crippen LogP contribution in [0.15, 0.2) is 42.5 Å². The smallest absolute Gasteiger partial charge is 0.253 e. The molecule has 1 atom stereocenters. The number of nitrogens with zero attached hydrogens (tertiary/aromatic N) is 5. The average Bonchev–Trinajstić information content (AvgIpc) is 3.56. The van der Waals surface area contributed by atoms with Gasteiger partial charge in [-0.15, -0.1) is 0 Å². The zero-order chi connectivity index (χ0) is 22.2. The third-order valence-electron chi connectivity index (χ3n) is 7.23. The fourth-order valence-corrected chi connectivity index (χ4v) is 5.40. The summed E-state index contributed by atoms with van der Waals surface area (Å²) in [4.78, 5) is 22.3. The van der Waals surface area contributed by atoms with Gasteiger partial charge in [-0.25, -0.2) is 4.98 Å². The van der Waals surface area contributed by atoms with Crippen molar-refractivity contribution in [1.29, 1.82) is 5.26 Å². The van der Waals surface area contributed by atoms with E-state index < -0.39 is 0 Å². The number of benzene rings is 2. The maximum Gasteiger partial charge on any atom is 0.253 e.